The third-order valence-corrected chi connectivity index (χ3v) is 5.90. The van der Waals surface area contributed by atoms with E-state index in [1.54, 1.807) is 24.5 Å². The molecular formula is C26H28N4O6P+. The molecule has 0 bridgehead atoms. The average Bonchev–Trinajstić information content (AvgIpc) is 3.35. The molecule has 2 aromatic heterocycles. The smallest absolute Gasteiger partial charge is 0.473 e. The number of nitrogens with zero attached hydrogens (tertiary/aromatic N) is 2. The second kappa shape index (κ2) is 12.6. The highest BCUT2D eigenvalue weighted by Crippen LogP contribution is 2.34. The first-order valence-electron chi connectivity index (χ1n) is 11.5. The zero-order chi connectivity index (χ0) is 26.1. The van der Waals surface area contributed by atoms with E-state index in [0.29, 0.717) is 24.7 Å². The van der Waals surface area contributed by atoms with E-state index in [1.165, 1.54) is 10.7 Å². The van der Waals surface area contributed by atoms with Gasteiger partial charge in [0.05, 0.1) is 11.9 Å². The fourth-order valence-corrected chi connectivity index (χ4v) is 3.90. The number of allylic oxidation sites excluding steroid dienone is 2. The summed E-state index contributed by atoms with van der Waals surface area (Å²) in [6.07, 6.45) is 7.29. The van der Waals surface area contributed by atoms with Gasteiger partial charge in [0.15, 0.2) is 12.5 Å². The van der Waals surface area contributed by atoms with E-state index in [4.69, 9.17) is 24.8 Å². The van der Waals surface area contributed by atoms with E-state index in [2.05, 4.69) is 38.9 Å². The van der Waals surface area contributed by atoms with Crippen molar-refractivity contribution in [1.82, 2.24) is 10.1 Å². The Kier molecular flexibility index (Phi) is 8.97. The van der Waals surface area contributed by atoms with Crippen LogP contribution in [-0.4, -0.2) is 33.2 Å². The monoisotopic (exact) mass is 523 g/mol. The molecule has 0 aliphatic carbocycles. The van der Waals surface area contributed by atoms with Gasteiger partial charge in [-0.15, -0.1) is 0 Å². The highest BCUT2D eigenvalue weighted by Gasteiger charge is 2.13. The van der Waals surface area contributed by atoms with Crippen molar-refractivity contribution in [2.75, 3.05) is 13.3 Å². The number of quaternary nitrogens is 1. The number of hydrogen-bond acceptors (Lipinski definition) is 7. The van der Waals surface area contributed by atoms with Crippen LogP contribution in [0.25, 0.3) is 16.3 Å². The molecule has 0 aliphatic heterocycles. The summed E-state index contributed by atoms with van der Waals surface area (Å²) in [4.78, 5) is 21.7. The van der Waals surface area contributed by atoms with Crippen molar-refractivity contribution in [1.29, 1.82) is 0 Å². The molecule has 0 amide bonds. The molecule has 0 saturated carbocycles. The minimum Gasteiger partial charge on any atom is -0.473 e. The molecule has 0 aliphatic rings. The van der Waals surface area contributed by atoms with Crippen LogP contribution in [0.3, 0.4) is 0 Å². The number of pyridine rings is 1. The van der Waals surface area contributed by atoms with E-state index in [9.17, 15) is 4.57 Å². The normalized spacial score (nSPS) is 12.5. The molecule has 2 aromatic carbocycles. The van der Waals surface area contributed by atoms with Gasteiger partial charge in [0, 0.05) is 36.9 Å². The molecule has 10 nitrogen and oxygen atoms in total. The lowest BCUT2D eigenvalue weighted by Gasteiger charge is -2.09. The van der Waals surface area contributed by atoms with E-state index < -0.39 is 7.82 Å². The van der Waals surface area contributed by atoms with Gasteiger partial charge in [-0.2, -0.15) is 0 Å². The summed E-state index contributed by atoms with van der Waals surface area (Å²) >= 11 is 0. The number of aromatic nitrogens is 2. The van der Waals surface area contributed by atoms with Crippen LogP contribution in [0.15, 0.2) is 89.7 Å². The lowest BCUT2D eigenvalue weighted by Crippen LogP contribution is -2.78. The average molecular weight is 524 g/mol. The molecule has 0 atom stereocenters. The molecule has 192 valence electrons. The number of ether oxygens (including phenoxy) is 1. The maximum Gasteiger partial charge on any atom is 0.474 e. The second-order valence-corrected chi connectivity index (χ2v) is 9.33. The summed E-state index contributed by atoms with van der Waals surface area (Å²) < 4.78 is 26.3. The Hall–Kier alpha value is -3.63. The van der Waals surface area contributed by atoms with Crippen molar-refractivity contribution in [2.45, 2.75) is 13.0 Å². The largest absolute Gasteiger partial charge is 0.474 e. The number of phosphoric ester groups is 1. The molecule has 0 saturated heterocycles. The fraction of sp³-hybridized carbons (Fsp3) is 0.154. The number of nitrogens with two attached hydrogens (primary N) is 2. The Morgan fingerprint density at radius 2 is 1.97 bits per heavy atom. The van der Waals surface area contributed by atoms with E-state index in [0.717, 1.165) is 27.8 Å². The highest BCUT2D eigenvalue weighted by atomic mass is 31.2. The van der Waals surface area contributed by atoms with E-state index in [1.807, 2.05) is 36.4 Å². The van der Waals surface area contributed by atoms with Gasteiger partial charge in [-0.05, 0) is 34.1 Å². The molecule has 6 N–H and O–H groups in total. The number of fused-ring (bicyclic) bond motifs is 1. The van der Waals surface area contributed by atoms with Crippen molar-refractivity contribution in [3.8, 4) is 5.88 Å². The molecule has 4 aromatic rings. The maximum absolute atomic E-state index is 10.6. The predicted octanol–water partition coefficient (Wildman–Crippen LogP) is 2.88. The zero-order valence-electron chi connectivity index (χ0n) is 19.9. The predicted molar refractivity (Wildman–Crippen MR) is 138 cm³/mol. The lowest BCUT2D eigenvalue weighted by atomic mass is 10.1. The molecule has 0 spiro atoms. The van der Waals surface area contributed by atoms with Crippen molar-refractivity contribution in [2.24, 2.45) is 5.73 Å². The number of benzene rings is 2. The Bertz CT molecular complexity index is 1420. The van der Waals surface area contributed by atoms with Gasteiger partial charge < -0.3 is 24.8 Å². The van der Waals surface area contributed by atoms with Gasteiger partial charge in [0.1, 0.15) is 6.61 Å². The van der Waals surface area contributed by atoms with Crippen LogP contribution in [0.2, 0.25) is 0 Å². The first kappa shape index (κ1) is 26.4. The van der Waals surface area contributed by atoms with Crippen LogP contribution in [0.1, 0.15) is 22.6 Å². The SMILES string of the molecule is NC/C(=C\C=C/[NH2+]COP(=O)(O)O)c1cc(Cc2ccc(OCc3cccc4ccccc34)nc2)no1. The third-order valence-electron chi connectivity index (χ3n) is 5.42. The van der Waals surface area contributed by atoms with E-state index in [-0.39, 0.29) is 13.3 Å². The van der Waals surface area contributed by atoms with Crippen LogP contribution in [0, 0.1) is 0 Å². The van der Waals surface area contributed by atoms with Crippen molar-refractivity contribution in [3.05, 3.63) is 108 Å². The number of rotatable bonds is 12. The Labute approximate surface area is 213 Å². The summed E-state index contributed by atoms with van der Waals surface area (Å²) in [6.45, 7) is 0.444. The van der Waals surface area contributed by atoms with Crippen LogP contribution in [0.4, 0.5) is 0 Å². The summed E-state index contributed by atoms with van der Waals surface area (Å²) in [5.41, 5.74) is 9.33. The van der Waals surface area contributed by atoms with Crippen molar-refractivity contribution in [3.63, 3.8) is 0 Å². The maximum atomic E-state index is 10.6. The number of hydrogen-bond donors (Lipinski definition) is 4. The van der Waals surface area contributed by atoms with E-state index >= 15 is 0 Å². The first-order chi connectivity index (χ1) is 17.9. The van der Waals surface area contributed by atoms with Gasteiger partial charge in [-0.1, -0.05) is 53.7 Å². The Balaban J connectivity index is 1.31. The zero-order valence-corrected chi connectivity index (χ0v) is 20.8. The molecule has 2 heterocycles. The summed E-state index contributed by atoms with van der Waals surface area (Å²) in [7, 11) is -4.48. The fourth-order valence-electron chi connectivity index (χ4n) is 3.62. The Morgan fingerprint density at radius 3 is 2.76 bits per heavy atom. The topological polar surface area (TPSA) is 158 Å². The highest BCUT2D eigenvalue weighted by molar-refractivity contribution is 7.46. The van der Waals surface area contributed by atoms with Gasteiger partial charge in [0.2, 0.25) is 5.88 Å². The minimum atomic E-state index is -4.48. The van der Waals surface area contributed by atoms with Gasteiger partial charge in [-0.25, -0.2) is 14.1 Å². The summed E-state index contributed by atoms with van der Waals surface area (Å²) in [5, 5.41) is 7.93. The minimum absolute atomic E-state index is 0.208. The molecular weight excluding hydrogens is 495 g/mol. The van der Waals surface area contributed by atoms with Crippen LogP contribution < -0.4 is 15.8 Å². The Morgan fingerprint density at radius 1 is 1.14 bits per heavy atom. The van der Waals surface area contributed by atoms with Crippen LogP contribution in [-0.2, 0) is 22.1 Å². The molecule has 0 fully saturated rings. The molecule has 0 unspecified atom stereocenters. The van der Waals surface area contributed by atoms with Crippen molar-refractivity contribution < 1.29 is 33.5 Å². The summed E-state index contributed by atoms with van der Waals surface area (Å²) in [6, 6.07) is 20.0. The molecule has 37 heavy (non-hydrogen) atoms. The first-order valence-corrected chi connectivity index (χ1v) is 13.0. The number of phosphoric acid groups is 1. The molecule has 11 heteroatoms. The van der Waals surface area contributed by atoms with Gasteiger partial charge in [-0.3, -0.25) is 5.32 Å². The third kappa shape index (κ3) is 7.93. The van der Waals surface area contributed by atoms with Gasteiger partial charge >= 0.3 is 7.82 Å². The summed E-state index contributed by atoms with van der Waals surface area (Å²) in [5.74, 6) is 1.08. The quantitative estimate of drug-likeness (QED) is 0.0948. The van der Waals surface area contributed by atoms with Crippen molar-refractivity contribution >= 4 is 24.2 Å². The second-order valence-electron chi connectivity index (χ2n) is 8.09. The lowest BCUT2D eigenvalue weighted by molar-refractivity contribution is -0.617. The van der Waals surface area contributed by atoms with Crippen LogP contribution in [0.5, 0.6) is 5.88 Å². The van der Waals surface area contributed by atoms with Crippen LogP contribution >= 0.6 is 7.82 Å². The van der Waals surface area contributed by atoms with Gasteiger partial charge in [0.25, 0.3) is 0 Å². The molecule has 0 radical (unpaired) electrons. The standard InChI is InChI=1S/C26H27N4O6P/c27-15-21(8-4-12-28-18-35-37(31,32)33)25-14-23(30-36-25)13-19-10-11-26(29-16-19)34-17-22-7-3-6-20-5-1-2-9-24(20)22/h1-12,14,16,28H,13,15,17-18,27H2,(H2,31,32,33)/p+1/b12-4-,21-8+. The molecule has 4 rings (SSSR count).